The predicted molar refractivity (Wildman–Crippen MR) is 79.1 cm³/mol. The van der Waals surface area contributed by atoms with E-state index in [0.717, 1.165) is 27.9 Å². The van der Waals surface area contributed by atoms with E-state index in [1.165, 1.54) is 0 Å². The number of anilines is 1. The van der Waals surface area contributed by atoms with Crippen molar-refractivity contribution in [3.8, 4) is 22.5 Å². The van der Waals surface area contributed by atoms with Gasteiger partial charge in [-0.2, -0.15) is 0 Å². The molecule has 0 amide bonds. The summed E-state index contributed by atoms with van der Waals surface area (Å²) in [6.45, 7) is 3.98. The third-order valence-electron chi connectivity index (χ3n) is 3.28. The van der Waals surface area contributed by atoms with Crippen molar-refractivity contribution in [2.45, 2.75) is 13.8 Å². The first-order valence-corrected chi connectivity index (χ1v) is 6.41. The molecule has 4 heteroatoms. The van der Waals surface area contributed by atoms with Gasteiger partial charge in [0.1, 0.15) is 0 Å². The van der Waals surface area contributed by atoms with Gasteiger partial charge >= 0.3 is 0 Å². The van der Waals surface area contributed by atoms with E-state index in [0.29, 0.717) is 11.6 Å². The monoisotopic (exact) mass is 265 g/mol. The lowest BCUT2D eigenvalue weighted by Gasteiger charge is -2.05. The summed E-state index contributed by atoms with van der Waals surface area (Å²) in [5, 5.41) is 3.92. The van der Waals surface area contributed by atoms with E-state index in [9.17, 15) is 0 Å². The molecule has 2 aromatic heterocycles. The van der Waals surface area contributed by atoms with Gasteiger partial charge in [-0.3, -0.25) is 4.98 Å². The topological polar surface area (TPSA) is 64.9 Å². The van der Waals surface area contributed by atoms with E-state index in [1.54, 1.807) is 6.20 Å². The molecule has 0 saturated carbocycles. The Hall–Kier alpha value is -2.62. The Labute approximate surface area is 117 Å². The number of rotatable bonds is 2. The number of nitrogens with two attached hydrogens (primary N) is 1. The molecular formula is C16H15N3O. The molecule has 0 aliphatic rings. The maximum absolute atomic E-state index is 5.99. The second kappa shape index (κ2) is 4.81. The maximum Gasteiger partial charge on any atom is 0.178 e. The van der Waals surface area contributed by atoms with Crippen LogP contribution in [0.4, 0.5) is 5.82 Å². The van der Waals surface area contributed by atoms with E-state index in [-0.39, 0.29) is 0 Å². The molecule has 0 aliphatic carbocycles. The van der Waals surface area contributed by atoms with E-state index < -0.39 is 0 Å². The van der Waals surface area contributed by atoms with Crippen LogP contribution in [0.2, 0.25) is 0 Å². The van der Waals surface area contributed by atoms with Crippen molar-refractivity contribution in [2.24, 2.45) is 0 Å². The highest BCUT2D eigenvalue weighted by Crippen LogP contribution is 2.37. The normalized spacial score (nSPS) is 10.7. The molecule has 0 aliphatic heterocycles. The molecule has 1 aromatic carbocycles. The molecule has 0 saturated heterocycles. The number of pyridine rings is 1. The molecule has 0 radical (unpaired) electrons. The molecule has 0 spiro atoms. The molecule has 0 fully saturated rings. The Balaban J connectivity index is 2.23. The van der Waals surface area contributed by atoms with E-state index in [1.807, 2.05) is 44.2 Å². The third-order valence-corrected chi connectivity index (χ3v) is 3.28. The van der Waals surface area contributed by atoms with Crippen molar-refractivity contribution in [3.63, 3.8) is 0 Å². The van der Waals surface area contributed by atoms with Gasteiger partial charge in [0.2, 0.25) is 0 Å². The minimum Gasteiger partial charge on any atom is -0.380 e. The minimum absolute atomic E-state index is 0.397. The number of nitrogens with zero attached hydrogens (tertiary/aromatic N) is 2. The van der Waals surface area contributed by atoms with Crippen molar-refractivity contribution in [1.29, 1.82) is 0 Å². The number of hydrogen-bond acceptors (Lipinski definition) is 4. The zero-order valence-electron chi connectivity index (χ0n) is 11.4. The Kier molecular flexibility index (Phi) is 2.99. The van der Waals surface area contributed by atoms with Crippen LogP contribution in [-0.4, -0.2) is 10.1 Å². The number of benzene rings is 1. The van der Waals surface area contributed by atoms with Gasteiger partial charge in [-0.25, -0.2) is 0 Å². The quantitative estimate of drug-likeness (QED) is 0.768. The van der Waals surface area contributed by atoms with Crippen LogP contribution in [0.5, 0.6) is 0 Å². The van der Waals surface area contributed by atoms with Gasteiger partial charge in [0.05, 0.1) is 5.56 Å². The number of hydrogen-bond donors (Lipinski definition) is 1. The van der Waals surface area contributed by atoms with Gasteiger partial charge in [-0.15, -0.1) is 0 Å². The van der Waals surface area contributed by atoms with Crippen LogP contribution in [0.25, 0.3) is 22.5 Å². The first-order valence-electron chi connectivity index (χ1n) is 6.41. The molecular weight excluding hydrogens is 250 g/mol. The summed E-state index contributed by atoms with van der Waals surface area (Å²) in [7, 11) is 0. The highest BCUT2D eigenvalue weighted by Gasteiger charge is 2.19. The van der Waals surface area contributed by atoms with E-state index in [4.69, 9.17) is 10.3 Å². The van der Waals surface area contributed by atoms with E-state index >= 15 is 0 Å². The predicted octanol–water partition coefficient (Wildman–Crippen LogP) is 3.60. The molecule has 0 bridgehead atoms. The van der Waals surface area contributed by atoms with Crippen molar-refractivity contribution in [3.05, 3.63) is 53.9 Å². The second-order valence-corrected chi connectivity index (χ2v) is 4.78. The molecule has 0 unspecified atom stereocenters. The van der Waals surface area contributed by atoms with Crippen LogP contribution in [0.15, 0.2) is 47.1 Å². The fourth-order valence-corrected chi connectivity index (χ4v) is 2.29. The van der Waals surface area contributed by atoms with Gasteiger partial charge in [0.15, 0.2) is 11.6 Å². The van der Waals surface area contributed by atoms with Crippen LogP contribution in [0.3, 0.4) is 0 Å². The molecule has 0 atom stereocenters. The molecule has 3 rings (SSSR count). The summed E-state index contributed by atoms with van der Waals surface area (Å²) >= 11 is 0. The Morgan fingerprint density at radius 1 is 1.10 bits per heavy atom. The summed E-state index contributed by atoms with van der Waals surface area (Å²) in [5.41, 5.74) is 10.8. The fraction of sp³-hybridized carbons (Fsp3) is 0.125. The third kappa shape index (κ3) is 2.05. The van der Waals surface area contributed by atoms with Crippen molar-refractivity contribution < 1.29 is 4.52 Å². The molecule has 100 valence electrons. The van der Waals surface area contributed by atoms with Crippen LogP contribution in [0.1, 0.15) is 11.3 Å². The zero-order chi connectivity index (χ0) is 14.1. The first-order chi connectivity index (χ1) is 9.66. The van der Waals surface area contributed by atoms with Gasteiger partial charge in [-0.05, 0) is 31.5 Å². The number of aromatic nitrogens is 2. The van der Waals surface area contributed by atoms with Crippen LogP contribution >= 0.6 is 0 Å². The summed E-state index contributed by atoms with van der Waals surface area (Å²) in [4.78, 5) is 4.29. The Morgan fingerprint density at radius 3 is 2.70 bits per heavy atom. The van der Waals surface area contributed by atoms with E-state index in [2.05, 4.69) is 16.2 Å². The highest BCUT2D eigenvalue weighted by molar-refractivity contribution is 5.87. The molecule has 2 heterocycles. The number of aryl methyl sites for hydroxylation is 2. The number of nitrogen functional groups attached to an aromatic ring is 1. The standard InChI is InChI=1S/C16H15N3O/c1-10-5-3-6-12(9-10)14-15(20-19-16(14)17)13-7-4-8-18-11(13)2/h3-9H,1-2H3,(H2,17,19). The highest BCUT2D eigenvalue weighted by atomic mass is 16.5. The SMILES string of the molecule is Cc1cccc(-c2c(N)noc2-c2cccnc2C)c1. The molecule has 3 aromatic rings. The Bertz CT molecular complexity index is 762. The molecule has 2 N–H and O–H groups in total. The van der Waals surface area contributed by atoms with Crippen LogP contribution < -0.4 is 5.73 Å². The van der Waals surface area contributed by atoms with Gasteiger partial charge in [-0.1, -0.05) is 35.0 Å². The summed E-state index contributed by atoms with van der Waals surface area (Å²) < 4.78 is 5.44. The Morgan fingerprint density at radius 2 is 1.95 bits per heavy atom. The lowest BCUT2D eigenvalue weighted by Crippen LogP contribution is -1.91. The van der Waals surface area contributed by atoms with Crippen molar-refractivity contribution >= 4 is 5.82 Å². The summed E-state index contributed by atoms with van der Waals surface area (Å²) in [6.07, 6.45) is 1.75. The smallest absolute Gasteiger partial charge is 0.178 e. The summed E-state index contributed by atoms with van der Waals surface area (Å²) in [6, 6.07) is 11.9. The lowest BCUT2D eigenvalue weighted by molar-refractivity contribution is 0.435. The maximum atomic E-state index is 5.99. The zero-order valence-corrected chi connectivity index (χ0v) is 11.4. The van der Waals surface area contributed by atoms with Crippen LogP contribution in [-0.2, 0) is 0 Å². The van der Waals surface area contributed by atoms with Gasteiger partial charge in [0.25, 0.3) is 0 Å². The summed E-state index contributed by atoms with van der Waals surface area (Å²) in [5.74, 6) is 1.06. The molecule has 20 heavy (non-hydrogen) atoms. The second-order valence-electron chi connectivity index (χ2n) is 4.78. The van der Waals surface area contributed by atoms with Gasteiger partial charge in [0, 0.05) is 17.5 Å². The lowest BCUT2D eigenvalue weighted by atomic mass is 9.99. The average Bonchev–Trinajstić information content (AvgIpc) is 2.81. The largest absolute Gasteiger partial charge is 0.380 e. The van der Waals surface area contributed by atoms with Crippen LogP contribution in [0, 0.1) is 13.8 Å². The first kappa shape index (κ1) is 12.4. The molecule has 4 nitrogen and oxygen atoms in total. The minimum atomic E-state index is 0.397. The van der Waals surface area contributed by atoms with Crippen molar-refractivity contribution in [2.75, 3.05) is 5.73 Å². The average molecular weight is 265 g/mol. The fourth-order valence-electron chi connectivity index (χ4n) is 2.29. The van der Waals surface area contributed by atoms with Crippen molar-refractivity contribution in [1.82, 2.24) is 10.1 Å². The van der Waals surface area contributed by atoms with Gasteiger partial charge < -0.3 is 10.3 Å².